The van der Waals surface area contributed by atoms with E-state index in [1.807, 2.05) is 11.6 Å². The minimum Gasteiger partial charge on any atom is -0.321 e. The number of aromatic nitrogens is 2. The third kappa shape index (κ3) is 4.30. The van der Waals surface area contributed by atoms with E-state index in [-0.39, 0.29) is 0 Å². The standard InChI is InChI=1S/C12H23ClN4/c1-5-10(2)16(3)7-6-14-9-12-15-8-11(13)17(12)4/h8,10,14H,5-7,9H2,1-4H3. The molecule has 0 aliphatic rings. The Kier molecular flexibility index (Phi) is 5.95. The SMILES string of the molecule is CCC(C)N(C)CCNCc1ncc(Cl)n1C. The van der Waals surface area contributed by atoms with Crippen molar-refractivity contribution in [2.45, 2.75) is 32.9 Å². The molecule has 0 saturated heterocycles. The second-order valence-corrected chi connectivity index (χ2v) is 4.86. The van der Waals surface area contributed by atoms with E-state index < -0.39 is 0 Å². The molecule has 17 heavy (non-hydrogen) atoms. The van der Waals surface area contributed by atoms with Gasteiger partial charge in [0.05, 0.1) is 12.7 Å². The molecule has 0 amide bonds. The minimum atomic E-state index is 0.638. The topological polar surface area (TPSA) is 33.1 Å². The van der Waals surface area contributed by atoms with Crippen LogP contribution in [-0.2, 0) is 13.6 Å². The summed E-state index contributed by atoms with van der Waals surface area (Å²) in [7, 11) is 4.09. The van der Waals surface area contributed by atoms with E-state index in [2.05, 4.69) is 36.1 Å². The maximum Gasteiger partial charge on any atom is 0.128 e. The molecule has 1 heterocycles. The van der Waals surface area contributed by atoms with E-state index in [9.17, 15) is 0 Å². The number of likely N-dealkylation sites (N-methyl/N-ethyl adjacent to an activating group) is 1. The van der Waals surface area contributed by atoms with Gasteiger partial charge in [-0.1, -0.05) is 18.5 Å². The smallest absolute Gasteiger partial charge is 0.128 e. The highest BCUT2D eigenvalue weighted by molar-refractivity contribution is 6.29. The zero-order chi connectivity index (χ0) is 12.8. The number of hydrogen-bond acceptors (Lipinski definition) is 3. The van der Waals surface area contributed by atoms with Gasteiger partial charge in [0.1, 0.15) is 11.0 Å². The van der Waals surface area contributed by atoms with Crippen molar-refractivity contribution in [3.63, 3.8) is 0 Å². The van der Waals surface area contributed by atoms with Gasteiger partial charge in [0.15, 0.2) is 0 Å². The van der Waals surface area contributed by atoms with E-state index in [4.69, 9.17) is 11.6 Å². The van der Waals surface area contributed by atoms with Gasteiger partial charge in [-0.25, -0.2) is 4.98 Å². The maximum absolute atomic E-state index is 5.92. The molecule has 5 heteroatoms. The number of hydrogen-bond donors (Lipinski definition) is 1. The normalized spacial score (nSPS) is 13.3. The van der Waals surface area contributed by atoms with E-state index in [1.54, 1.807) is 6.20 Å². The van der Waals surface area contributed by atoms with Crippen molar-refractivity contribution >= 4 is 11.6 Å². The van der Waals surface area contributed by atoms with Crippen molar-refractivity contribution in [2.24, 2.45) is 7.05 Å². The van der Waals surface area contributed by atoms with E-state index in [1.165, 1.54) is 6.42 Å². The van der Waals surface area contributed by atoms with Crippen molar-refractivity contribution < 1.29 is 0 Å². The summed E-state index contributed by atoms with van der Waals surface area (Å²) in [6.07, 6.45) is 2.87. The molecule has 0 aliphatic carbocycles. The second-order valence-electron chi connectivity index (χ2n) is 4.47. The molecule has 0 bridgehead atoms. The van der Waals surface area contributed by atoms with Crippen molar-refractivity contribution in [1.82, 2.24) is 19.8 Å². The van der Waals surface area contributed by atoms with Gasteiger partial charge >= 0.3 is 0 Å². The van der Waals surface area contributed by atoms with E-state index >= 15 is 0 Å². The van der Waals surface area contributed by atoms with Crippen LogP contribution in [-0.4, -0.2) is 40.6 Å². The summed E-state index contributed by atoms with van der Waals surface area (Å²) in [5, 5.41) is 4.06. The fourth-order valence-electron chi connectivity index (χ4n) is 1.58. The summed E-state index contributed by atoms with van der Waals surface area (Å²) in [4.78, 5) is 6.60. The average molecular weight is 259 g/mol. The zero-order valence-corrected chi connectivity index (χ0v) is 12.0. The van der Waals surface area contributed by atoms with Gasteiger partial charge in [-0.3, -0.25) is 0 Å². The van der Waals surface area contributed by atoms with Crippen LogP contribution in [0.15, 0.2) is 6.20 Å². The van der Waals surface area contributed by atoms with Crippen molar-refractivity contribution in [3.8, 4) is 0 Å². The summed E-state index contributed by atoms with van der Waals surface area (Å²) in [6, 6.07) is 0.638. The molecule has 0 spiro atoms. The number of imidazole rings is 1. The third-order valence-corrected chi connectivity index (χ3v) is 3.65. The largest absolute Gasteiger partial charge is 0.321 e. The summed E-state index contributed by atoms with van der Waals surface area (Å²) in [5.74, 6) is 0.973. The Morgan fingerprint density at radius 2 is 2.29 bits per heavy atom. The Morgan fingerprint density at radius 3 is 2.82 bits per heavy atom. The van der Waals surface area contributed by atoms with Crippen molar-refractivity contribution in [1.29, 1.82) is 0 Å². The number of rotatable bonds is 7. The molecule has 0 fully saturated rings. The van der Waals surface area contributed by atoms with Crippen molar-refractivity contribution in [3.05, 3.63) is 17.2 Å². The second kappa shape index (κ2) is 6.99. The van der Waals surface area contributed by atoms with Gasteiger partial charge in [0, 0.05) is 26.2 Å². The monoisotopic (exact) mass is 258 g/mol. The van der Waals surface area contributed by atoms with Crippen LogP contribution < -0.4 is 5.32 Å². The predicted octanol–water partition coefficient (Wildman–Crippen LogP) is 1.89. The molecule has 0 aromatic carbocycles. The first-order valence-corrected chi connectivity index (χ1v) is 6.51. The number of nitrogens with zero attached hydrogens (tertiary/aromatic N) is 3. The first-order chi connectivity index (χ1) is 8.06. The highest BCUT2D eigenvalue weighted by atomic mass is 35.5. The zero-order valence-electron chi connectivity index (χ0n) is 11.2. The summed E-state index contributed by atoms with van der Waals surface area (Å²) in [6.45, 7) is 7.24. The Hall–Kier alpha value is -0.580. The van der Waals surface area contributed by atoms with Crippen molar-refractivity contribution in [2.75, 3.05) is 20.1 Å². The molecule has 1 N–H and O–H groups in total. The van der Waals surface area contributed by atoms with Crippen LogP contribution in [0.1, 0.15) is 26.1 Å². The molecule has 98 valence electrons. The Morgan fingerprint density at radius 1 is 1.59 bits per heavy atom. The lowest BCUT2D eigenvalue weighted by molar-refractivity contribution is 0.251. The number of halogens is 1. The fourth-order valence-corrected chi connectivity index (χ4v) is 1.72. The van der Waals surface area contributed by atoms with Gasteiger partial charge in [-0.2, -0.15) is 0 Å². The lowest BCUT2D eigenvalue weighted by Gasteiger charge is -2.23. The van der Waals surface area contributed by atoms with Crippen LogP contribution in [0.5, 0.6) is 0 Å². The molecule has 1 aromatic heterocycles. The van der Waals surface area contributed by atoms with Crippen LogP contribution in [0.25, 0.3) is 0 Å². The summed E-state index contributed by atoms with van der Waals surface area (Å²) >= 11 is 5.92. The molecular formula is C12H23ClN4. The first kappa shape index (κ1) is 14.5. The van der Waals surface area contributed by atoms with Gasteiger partial charge < -0.3 is 14.8 Å². The van der Waals surface area contributed by atoms with Gasteiger partial charge in [-0.15, -0.1) is 0 Å². The van der Waals surface area contributed by atoms with Crippen LogP contribution in [0.2, 0.25) is 5.15 Å². The van der Waals surface area contributed by atoms with Gasteiger partial charge in [0.2, 0.25) is 0 Å². The highest BCUT2D eigenvalue weighted by Gasteiger charge is 2.06. The molecule has 1 atom stereocenters. The molecule has 1 unspecified atom stereocenters. The summed E-state index contributed by atoms with van der Waals surface area (Å²) < 4.78 is 1.90. The third-order valence-electron chi connectivity index (χ3n) is 3.30. The predicted molar refractivity (Wildman–Crippen MR) is 72.3 cm³/mol. The minimum absolute atomic E-state index is 0.638. The average Bonchev–Trinajstić information content (AvgIpc) is 2.64. The Balaban J connectivity index is 2.23. The molecule has 1 rings (SSSR count). The number of nitrogens with one attached hydrogen (secondary N) is 1. The first-order valence-electron chi connectivity index (χ1n) is 6.13. The van der Waals surface area contributed by atoms with Crippen LogP contribution in [0.4, 0.5) is 0 Å². The molecule has 1 aromatic rings. The maximum atomic E-state index is 5.92. The molecule has 0 aliphatic heterocycles. The quantitative estimate of drug-likeness (QED) is 0.759. The summed E-state index contributed by atoms with van der Waals surface area (Å²) in [5.41, 5.74) is 0. The Labute approximate surface area is 109 Å². The van der Waals surface area contributed by atoms with Crippen LogP contribution in [0.3, 0.4) is 0 Å². The van der Waals surface area contributed by atoms with E-state index in [0.29, 0.717) is 11.2 Å². The molecule has 0 saturated carbocycles. The van der Waals surface area contributed by atoms with Crippen LogP contribution in [0, 0.1) is 0 Å². The lowest BCUT2D eigenvalue weighted by Crippen LogP contribution is -2.35. The fraction of sp³-hybridized carbons (Fsp3) is 0.750. The van der Waals surface area contributed by atoms with Crippen LogP contribution >= 0.6 is 11.6 Å². The molecular weight excluding hydrogens is 236 g/mol. The lowest BCUT2D eigenvalue weighted by atomic mass is 10.2. The molecule has 0 radical (unpaired) electrons. The van der Waals surface area contributed by atoms with E-state index in [0.717, 1.165) is 25.5 Å². The Bertz CT molecular complexity index is 337. The van der Waals surface area contributed by atoms with Gasteiger partial charge in [0.25, 0.3) is 0 Å². The molecule has 4 nitrogen and oxygen atoms in total. The highest BCUT2D eigenvalue weighted by Crippen LogP contribution is 2.08. The van der Waals surface area contributed by atoms with Gasteiger partial charge in [-0.05, 0) is 20.4 Å².